The molecule has 0 bridgehead atoms. The third-order valence-corrected chi connectivity index (χ3v) is 6.91. The fourth-order valence-electron chi connectivity index (χ4n) is 3.67. The summed E-state index contributed by atoms with van der Waals surface area (Å²) in [6.07, 6.45) is -0.880. The van der Waals surface area contributed by atoms with Crippen LogP contribution < -0.4 is 15.8 Å². The topological polar surface area (TPSA) is 97.1 Å². The normalized spacial score (nSPS) is 21.8. The van der Waals surface area contributed by atoms with Gasteiger partial charge in [-0.2, -0.15) is 0 Å². The number of sulfonamides is 1. The molecular formula is C21H28F2N4O2S. The molecular weight excluding hydrogens is 410 g/mol. The summed E-state index contributed by atoms with van der Waals surface area (Å²) in [5.74, 6) is -0.515. The molecule has 1 aliphatic rings. The third-order valence-electron chi connectivity index (χ3n) is 5.52. The number of hydrogen-bond donors (Lipinski definition) is 3. The predicted molar refractivity (Wildman–Crippen MR) is 113 cm³/mol. The lowest BCUT2D eigenvalue weighted by Crippen LogP contribution is -2.48. The Morgan fingerprint density at radius 1 is 1.27 bits per heavy atom. The summed E-state index contributed by atoms with van der Waals surface area (Å²) in [5, 5.41) is 2.98. The van der Waals surface area contributed by atoms with Crippen LogP contribution in [0.25, 0.3) is 0 Å². The first kappa shape index (κ1) is 22.7. The second kappa shape index (κ2) is 9.47. The number of rotatable bonds is 8. The monoisotopic (exact) mass is 438 g/mol. The van der Waals surface area contributed by atoms with Crippen molar-refractivity contribution in [1.82, 2.24) is 15.0 Å². The van der Waals surface area contributed by atoms with Crippen LogP contribution in [0.4, 0.5) is 8.78 Å². The van der Waals surface area contributed by atoms with Crippen LogP contribution in [-0.2, 0) is 29.4 Å². The van der Waals surface area contributed by atoms with E-state index in [0.717, 1.165) is 17.0 Å². The standard InChI is InChI=1S/C21H28F2N4O2S/c1-3-30(28,29)27-21-17(22)12-25-19(21)10-15-6-4-5-14(20(15)23)9-18-13(2)7-8-16(11-24)26-18/h4-8,17,19,21,25,27H,3,9-12,24H2,1-2H3/t17-,19-,21-/m0/s1. The molecule has 2 aromatic rings. The van der Waals surface area contributed by atoms with Crippen LogP contribution in [0.2, 0.25) is 0 Å². The molecule has 6 nitrogen and oxygen atoms in total. The van der Waals surface area contributed by atoms with Gasteiger partial charge in [-0.3, -0.25) is 4.98 Å². The van der Waals surface area contributed by atoms with Gasteiger partial charge in [0.05, 0.1) is 17.5 Å². The molecule has 1 aromatic heterocycles. The Labute approximate surface area is 176 Å². The van der Waals surface area contributed by atoms with E-state index in [-0.39, 0.29) is 24.5 Å². The largest absolute Gasteiger partial charge is 0.325 e. The van der Waals surface area contributed by atoms with Crippen molar-refractivity contribution in [3.63, 3.8) is 0 Å². The fourth-order valence-corrected chi connectivity index (χ4v) is 4.56. The van der Waals surface area contributed by atoms with Crippen molar-refractivity contribution in [3.05, 3.63) is 64.2 Å². The van der Waals surface area contributed by atoms with Gasteiger partial charge in [-0.05, 0) is 43.0 Å². The van der Waals surface area contributed by atoms with Gasteiger partial charge < -0.3 is 11.1 Å². The van der Waals surface area contributed by atoms with Crippen molar-refractivity contribution in [3.8, 4) is 0 Å². The summed E-state index contributed by atoms with van der Waals surface area (Å²) in [7, 11) is -3.57. The highest BCUT2D eigenvalue weighted by molar-refractivity contribution is 7.89. The zero-order valence-electron chi connectivity index (χ0n) is 17.2. The Morgan fingerprint density at radius 3 is 2.70 bits per heavy atom. The van der Waals surface area contributed by atoms with Gasteiger partial charge in [-0.1, -0.05) is 24.3 Å². The molecule has 1 aromatic carbocycles. The summed E-state index contributed by atoms with van der Waals surface area (Å²) >= 11 is 0. The number of nitrogens with zero attached hydrogens (tertiary/aromatic N) is 1. The van der Waals surface area contributed by atoms with Gasteiger partial charge in [0.15, 0.2) is 0 Å². The first-order valence-corrected chi connectivity index (χ1v) is 11.7. The van der Waals surface area contributed by atoms with Crippen LogP contribution >= 0.6 is 0 Å². The van der Waals surface area contributed by atoms with Crippen molar-refractivity contribution in [2.24, 2.45) is 5.73 Å². The van der Waals surface area contributed by atoms with Gasteiger partial charge in [0, 0.05) is 31.2 Å². The van der Waals surface area contributed by atoms with Crippen LogP contribution in [-0.4, -0.2) is 44.0 Å². The van der Waals surface area contributed by atoms with Crippen LogP contribution in [0.1, 0.15) is 35.0 Å². The van der Waals surface area contributed by atoms with E-state index in [4.69, 9.17) is 5.73 Å². The Balaban J connectivity index is 1.81. The van der Waals surface area contributed by atoms with Gasteiger partial charge >= 0.3 is 0 Å². The van der Waals surface area contributed by atoms with Crippen molar-refractivity contribution in [1.29, 1.82) is 0 Å². The van der Waals surface area contributed by atoms with Crippen molar-refractivity contribution >= 4 is 10.0 Å². The summed E-state index contributed by atoms with van der Waals surface area (Å²) in [5.41, 5.74) is 9.00. The third kappa shape index (κ3) is 5.21. The van der Waals surface area contributed by atoms with E-state index in [1.54, 1.807) is 18.2 Å². The van der Waals surface area contributed by atoms with E-state index in [0.29, 0.717) is 24.1 Å². The van der Waals surface area contributed by atoms with Crippen LogP contribution in [0, 0.1) is 12.7 Å². The molecule has 0 aliphatic carbocycles. The zero-order valence-corrected chi connectivity index (χ0v) is 18.0. The zero-order chi connectivity index (χ0) is 21.9. The average molecular weight is 439 g/mol. The number of halogens is 2. The minimum absolute atomic E-state index is 0.0257. The number of alkyl halides is 1. The maximum absolute atomic E-state index is 15.2. The molecule has 1 saturated heterocycles. The van der Waals surface area contributed by atoms with E-state index in [1.807, 2.05) is 19.1 Å². The van der Waals surface area contributed by atoms with Gasteiger partial charge in [0.1, 0.15) is 12.0 Å². The Bertz CT molecular complexity index is 1000. The minimum atomic E-state index is -3.57. The van der Waals surface area contributed by atoms with E-state index in [2.05, 4.69) is 15.0 Å². The molecule has 4 N–H and O–H groups in total. The highest BCUT2D eigenvalue weighted by Gasteiger charge is 2.38. The van der Waals surface area contributed by atoms with E-state index in [1.165, 1.54) is 6.92 Å². The van der Waals surface area contributed by atoms with Crippen LogP contribution in [0.3, 0.4) is 0 Å². The van der Waals surface area contributed by atoms with Gasteiger partial charge in [0.2, 0.25) is 10.0 Å². The molecule has 0 unspecified atom stereocenters. The number of aryl methyl sites for hydroxylation is 1. The van der Waals surface area contributed by atoms with E-state index in [9.17, 15) is 12.8 Å². The second-order valence-electron chi connectivity index (χ2n) is 7.62. The maximum Gasteiger partial charge on any atom is 0.211 e. The highest BCUT2D eigenvalue weighted by atomic mass is 32.2. The second-order valence-corrected chi connectivity index (χ2v) is 9.66. The number of nitrogens with two attached hydrogens (primary N) is 1. The number of aromatic nitrogens is 1. The summed E-state index contributed by atoms with van der Waals surface area (Å²) in [6, 6.07) is 7.40. The minimum Gasteiger partial charge on any atom is -0.325 e. The van der Waals surface area contributed by atoms with Crippen molar-refractivity contribution in [2.45, 2.75) is 51.5 Å². The van der Waals surface area contributed by atoms with Crippen LogP contribution in [0.15, 0.2) is 30.3 Å². The molecule has 30 heavy (non-hydrogen) atoms. The molecule has 1 aliphatic heterocycles. The molecule has 0 saturated carbocycles. The molecule has 1 fully saturated rings. The first-order valence-electron chi connectivity index (χ1n) is 10.0. The lowest BCUT2D eigenvalue weighted by Gasteiger charge is -2.22. The maximum atomic E-state index is 15.2. The smallest absolute Gasteiger partial charge is 0.211 e. The Morgan fingerprint density at radius 2 is 2.00 bits per heavy atom. The molecule has 2 heterocycles. The Kier molecular flexibility index (Phi) is 7.18. The van der Waals surface area contributed by atoms with E-state index < -0.39 is 28.3 Å². The van der Waals surface area contributed by atoms with Crippen LogP contribution in [0.5, 0.6) is 0 Å². The highest BCUT2D eigenvalue weighted by Crippen LogP contribution is 2.23. The Hall–Kier alpha value is -1.94. The number of pyridine rings is 1. The molecule has 164 valence electrons. The molecule has 3 atom stereocenters. The van der Waals surface area contributed by atoms with Crippen molar-refractivity contribution < 1.29 is 17.2 Å². The lowest BCUT2D eigenvalue weighted by molar-refractivity contribution is 0.304. The predicted octanol–water partition coefficient (Wildman–Crippen LogP) is 1.74. The molecule has 0 spiro atoms. The number of hydrogen-bond acceptors (Lipinski definition) is 5. The van der Waals surface area contributed by atoms with Gasteiger partial charge in [-0.25, -0.2) is 21.9 Å². The quantitative estimate of drug-likeness (QED) is 0.583. The summed E-state index contributed by atoms with van der Waals surface area (Å²) in [6.45, 7) is 3.74. The summed E-state index contributed by atoms with van der Waals surface area (Å²) in [4.78, 5) is 4.50. The van der Waals surface area contributed by atoms with Gasteiger partial charge in [-0.15, -0.1) is 0 Å². The molecule has 0 radical (unpaired) electrons. The fraction of sp³-hybridized carbons (Fsp3) is 0.476. The summed E-state index contributed by atoms with van der Waals surface area (Å²) < 4.78 is 55.8. The molecule has 0 amide bonds. The number of benzene rings is 1. The lowest BCUT2D eigenvalue weighted by atomic mass is 9.96. The van der Waals surface area contributed by atoms with E-state index >= 15 is 4.39 Å². The SMILES string of the molecule is CCS(=O)(=O)N[C@@H]1[C@H](Cc2cccc(Cc3nc(CN)ccc3C)c2F)NC[C@@H]1F. The van der Waals surface area contributed by atoms with Crippen molar-refractivity contribution in [2.75, 3.05) is 12.3 Å². The van der Waals surface area contributed by atoms with Gasteiger partial charge in [0.25, 0.3) is 0 Å². The average Bonchev–Trinajstić information content (AvgIpc) is 3.05. The first-order chi connectivity index (χ1) is 14.2. The molecule has 9 heteroatoms. The number of nitrogens with one attached hydrogen (secondary N) is 2. The molecule has 3 rings (SSSR count).